The van der Waals surface area contributed by atoms with Crippen molar-refractivity contribution in [2.24, 2.45) is 0 Å². The monoisotopic (exact) mass is 181 g/mol. The predicted octanol–water partition coefficient (Wildman–Crippen LogP) is 3.24. The van der Waals surface area contributed by atoms with Gasteiger partial charge in [-0.25, -0.2) is 0 Å². The maximum atomic E-state index is 7.76. The van der Waals surface area contributed by atoms with E-state index in [2.05, 4.69) is 11.1 Å². The first kappa shape index (κ1) is 7.44. The number of aromatic nitrogens is 1. The van der Waals surface area contributed by atoms with Gasteiger partial charge in [0.25, 0.3) is 0 Å². The van der Waals surface area contributed by atoms with E-state index in [-0.39, 0.29) is 0 Å². The molecular weight excluding hydrogens is 172 g/mol. The Balaban J connectivity index is 2.63. The van der Waals surface area contributed by atoms with Gasteiger partial charge in [-0.05, 0) is 12.1 Å². The lowest BCUT2D eigenvalue weighted by atomic mass is 10.1. The molecule has 1 aromatic heterocycles. The van der Waals surface area contributed by atoms with Gasteiger partial charge in [-0.15, -0.1) is 0 Å². The van der Waals surface area contributed by atoms with Gasteiger partial charge in [0, 0.05) is 16.3 Å². The number of hydrogen-bond acceptors (Lipinski definition) is 0. The molecule has 2 aromatic carbocycles. The van der Waals surface area contributed by atoms with Crippen LogP contribution in [-0.4, -0.2) is 4.98 Å². The van der Waals surface area contributed by atoms with Crippen molar-refractivity contribution >= 4 is 27.5 Å². The second-order valence-electron chi connectivity index (χ2n) is 3.40. The fourth-order valence-electron chi connectivity index (χ4n) is 1.87. The largest absolute Gasteiger partial charge is 0.353 e. The first-order chi connectivity index (χ1) is 6.86. The molecule has 0 aliphatic heterocycles. The molecule has 2 nitrogen and oxygen atoms in total. The van der Waals surface area contributed by atoms with Gasteiger partial charge in [0.2, 0.25) is 0 Å². The van der Waals surface area contributed by atoms with E-state index in [1.165, 1.54) is 5.39 Å². The highest BCUT2D eigenvalue weighted by Gasteiger charge is 2.04. The molecule has 3 aromatic rings. The lowest BCUT2D eigenvalue weighted by molar-refractivity contribution is 1.47. The Bertz CT molecular complexity index is 608. The van der Waals surface area contributed by atoms with Gasteiger partial charge >= 0.3 is 0 Å². The van der Waals surface area contributed by atoms with Crippen molar-refractivity contribution in [1.29, 1.82) is 0 Å². The van der Waals surface area contributed by atoms with Crippen molar-refractivity contribution in [3.8, 4) is 0 Å². The second kappa shape index (κ2) is 2.51. The van der Waals surface area contributed by atoms with Gasteiger partial charge in [-0.2, -0.15) is 0 Å². The zero-order valence-corrected chi connectivity index (χ0v) is 7.54. The highest BCUT2D eigenvalue weighted by molar-refractivity contribution is 6.10. The van der Waals surface area contributed by atoms with Crippen LogP contribution in [0.3, 0.4) is 0 Å². The molecule has 0 unspecified atom stereocenters. The molecule has 0 spiro atoms. The Hall–Kier alpha value is -1.96. The van der Waals surface area contributed by atoms with Crippen molar-refractivity contribution in [2.75, 3.05) is 0 Å². The van der Waals surface area contributed by atoms with Crippen molar-refractivity contribution in [3.63, 3.8) is 0 Å². The van der Waals surface area contributed by atoms with Crippen LogP contribution in [0.1, 0.15) is 0 Å². The lowest BCUT2D eigenvalue weighted by Gasteiger charge is -1.92. The number of fused-ring (bicyclic) bond motifs is 3. The molecule has 2 heteroatoms. The van der Waals surface area contributed by atoms with Gasteiger partial charge in [0.05, 0.1) is 11.2 Å². The molecule has 0 atom stereocenters. The van der Waals surface area contributed by atoms with E-state index in [0.717, 1.165) is 16.4 Å². The van der Waals surface area contributed by atoms with Crippen molar-refractivity contribution in [1.82, 2.24) is 10.7 Å². The normalized spacial score (nSPS) is 11.1. The summed E-state index contributed by atoms with van der Waals surface area (Å²) in [6, 6.07) is 13.9. The van der Waals surface area contributed by atoms with Crippen LogP contribution in [0.2, 0.25) is 0 Å². The minimum absolute atomic E-state index is 0.554. The van der Waals surface area contributed by atoms with E-state index in [9.17, 15) is 0 Å². The average molecular weight is 181 g/mol. The number of nitrogens with one attached hydrogen (secondary N) is 2. The average Bonchev–Trinajstić information content (AvgIpc) is 2.59. The van der Waals surface area contributed by atoms with Crippen LogP contribution in [0.4, 0.5) is 5.69 Å². The highest BCUT2D eigenvalue weighted by Crippen LogP contribution is 2.28. The quantitative estimate of drug-likeness (QED) is 0.553. The van der Waals surface area contributed by atoms with Crippen LogP contribution < -0.4 is 5.73 Å². The Labute approximate surface area is 81.3 Å². The summed E-state index contributed by atoms with van der Waals surface area (Å²) in [7, 11) is 0. The molecule has 0 aliphatic carbocycles. The predicted molar refractivity (Wildman–Crippen MR) is 58.6 cm³/mol. The van der Waals surface area contributed by atoms with E-state index in [1.807, 2.05) is 30.3 Å². The fraction of sp³-hybridized carbons (Fsp3) is 0. The summed E-state index contributed by atoms with van der Waals surface area (Å²) in [5.74, 6) is 0. The standard InChI is InChI=1S/C12H9N2/c13-10-6-3-5-9-8-4-1-2-7-11(8)14-12(9)10/h1-7,13-14H. The summed E-state index contributed by atoms with van der Waals surface area (Å²) in [6.07, 6.45) is 0. The van der Waals surface area contributed by atoms with Gasteiger partial charge < -0.3 is 4.98 Å². The van der Waals surface area contributed by atoms with Crippen LogP contribution in [0, 0.1) is 0 Å². The Kier molecular flexibility index (Phi) is 1.34. The summed E-state index contributed by atoms with van der Waals surface area (Å²) in [4.78, 5) is 3.26. The first-order valence-electron chi connectivity index (χ1n) is 4.57. The maximum Gasteiger partial charge on any atom is 0.0781 e. The van der Waals surface area contributed by atoms with E-state index >= 15 is 0 Å². The van der Waals surface area contributed by atoms with Crippen LogP contribution in [0.25, 0.3) is 21.8 Å². The Morgan fingerprint density at radius 2 is 1.64 bits per heavy atom. The number of H-pyrrole nitrogens is 1. The van der Waals surface area contributed by atoms with Gasteiger partial charge in [0.1, 0.15) is 0 Å². The lowest BCUT2D eigenvalue weighted by Crippen LogP contribution is -1.71. The third kappa shape index (κ3) is 0.852. The molecular formula is C12H9N2. The zero-order chi connectivity index (χ0) is 9.54. The highest BCUT2D eigenvalue weighted by atomic mass is 14.7. The molecule has 0 saturated carbocycles. The molecule has 67 valence electrons. The Morgan fingerprint density at radius 1 is 0.857 bits per heavy atom. The molecule has 0 bridgehead atoms. The third-order valence-corrected chi connectivity index (χ3v) is 2.54. The Morgan fingerprint density at radius 3 is 2.57 bits per heavy atom. The van der Waals surface area contributed by atoms with E-state index in [4.69, 9.17) is 5.73 Å². The number of hydrogen-bond donors (Lipinski definition) is 1. The smallest absolute Gasteiger partial charge is 0.0781 e. The summed E-state index contributed by atoms with van der Waals surface area (Å²) < 4.78 is 0. The van der Waals surface area contributed by atoms with Crippen molar-refractivity contribution < 1.29 is 0 Å². The molecule has 0 aliphatic rings. The molecule has 0 amide bonds. The van der Waals surface area contributed by atoms with Crippen LogP contribution in [0.15, 0.2) is 42.5 Å². The van der Waals surface area contributed by atoms with E-state index < -0.39 is 0 Å². The number of para-hydroxylation sites is 2. The summed E-state index contributed by atoms with van der Waals surface area (Å²) in [5.41, 5.74) is 10.3. The minimum atomic E-state index is 0.554. The third-order valence-electron chi connectivity index (χ3n) is 2.54. The van der Waals surface area contributed by atoms with Crippen LogP contribution in [-0.2, 0) is 0 Å². The van der Waals surface area contributed by atoms with Crippen LogP contribution in [0.5, 0.6) is 0 Å². The van der Waals surface area contributed by atoms with Gasteiger partial charge in [-0.1, -0.05) is 30.3 Å². The minimum Gasteiger partial charge on any atom is -0.353 e. The first-order valence-corrected chi connectivity index (χ1v) is 4.57. The topological polar surface area (TPSA) is 39.6 Å². The fourth-order valence-corrected chi connectivity index (χ4v) is 1.87. The number of rotatable bonds is 0. The SMILES string of the molecule is [NH]c1cccc2c1[nH]c1ccccc12. The van der Waals surface area contributed by atoms with E-state index in [0.29, 0.717) is 5.69 Å². The maximum absolute atomic E-state index is 7.76. The number of aromatic amines is 1. The molecule has 1 radical (unpaired) electrons. The van der Waals surface area contributed by atoms with Crippen LogP contribution >= 0.6 is 0 Å². The second-order valence-corrected chi connectivity index (χ2v) is 3.40. The van der Waals surface area contributed by atoms with E-state index in [1.54, 1.807) is 6.07 Å². The molecule has 14 heavy (non-hydrogen) atoms. The van der Waals surface area contributed by atoms with Gasteiger partial charge in [-0.3, -0.25) is 5.73 Å². The molecule has 3 rings (SSSR count). The molecule has 0 saturated heterocycles. The molecule has 1 heterocycles. The summed E-state index contributed by atoms with van der Waals surface area (Å²) in [5, 5.41) is 2.32. The summed E-state index contributed by atoms with van der Waals surface area (Å²) >= 11 is 0. The molecule has 0 fully saturated rings. The van der Waals surface area contributed by atoms with Crippen molar-refractivity contribution in [3.05, 3.63) is 42.5 Å². The van der Waals surface area contributed by atoms with Gasteiger partial charge in [0.15, 0.2) is 0 Å². The molecule has 2 N–H and O–H groups in total. The van der Waals surface area contributed by atoms with Crippen molar-refractivity contribution in [2.45, 2.75) is 0 Å². The summed E-state index contributed by atoms with van der Waals surface area (Å²) in [6.45, 7) is 0. The zero-order valence-electron chi connectivity index (χ0n) is 7.54. The number of benzene rings is 2.